The molecule has 2 heterocycles. The molecule has 19 heavy (non-hydrogen) atoms. The molecule has 0 unspecified atom stereocenters. The minimum atomic E-state index is -0.447. The van der Waals surface area contributed by atoms with Gasteiger partial charge in [-0.05, 0) is 19.1 Å². The molecule has 7 nitrogen and oxygen atoms in total. The van der Waals surface area contributed by atoms with Crippen molar-refractivity contribution in [2.45, 2.75) is 13.3 Å². The number of rotatable bonds is 4. The SMILES string of the molecule is CCOC(=O)c1cn2c(C/C(N)=N/N)cccc2n1. The van der Waals surface area contributed by atoms with Crippen molar-refractivity contribution in [2.24, 2.45) is 16.7 Å². The lowest BCUT2D eigenvalue weighted by atomic mass is 10.2. The van der Waals surface area contributed by atoms with Gasteiger partial charge in [0.2, 0.25) is 0 Å². The van der Waals surface area contributed by atoms with E-state index >= 15 is 0 Å². The molecule has 4 N–H and O–H groups in total. The van der Waals surface area contributed by atoms with Gasteiger partial charge < -0.3 is 20.7 Å². The van der Waals surface area contributed by atoms with Crippen LogP contribution in [0, 0.1) is 0 Å². The summed E-state index contributed by atoms with van der Waals surface area (Å²) in [7, 11) is 0. The molecule has 2 rings (SSSR count). The Balaban J connectivity index is 2.42. The predicted octanol–water partition coefficient (Wildman–Crippen LogP) is 0.284. The van der Waals surface area contributed by atoms with E-state index in [1.54, 1.807) is 23.6 Å². The predicted molar refractivity (Wildman–Crippen MR) is 70.7 cm³/mol. The van der Waals surface area contributed by atoms with Crippen molar-refractivity contribution in [3.8, 4) is 0 Å². The van der Waals surface area contributed by atoms with Gasteiger partial charge in [-0.3, -0.25) is 0 Å². The summed E-state index contributed by atoms with van der Waals surface area (Å²) < 4.78 is 6.68. The number of carbonyl (C=O) groups is 1. The van der Waals surface area contributed by atoms with Gasteiger partial charge in [0.25, 0.3) is 0 Å². The Morgan fingerprint density at radius 2 is 2.32 bits per heavy atom. The van der Waals surface area contributed by atoms with Crippen LogP contribution in [-0.4, -0.2) is 27.8 Å². The van der Waals surface area contributed by atoms with Crippen LogP contribution in [0.15, 0.2) is 29.5 Å². The summed E-state index contributed by atoms with van der Waals surface area (Å²) in [5.41, 5.74) is 7.36. The second kappa shape index (κ2) is 5.38. The third-order valence-corrected chi connectivity index (χ3v) is 2.59. The summed E-state index contributed by atoms with van der Waals surface area (Å²) in [5, 5.41) is 3.43. The first-order valence-corrected chi connectivity index (χ1v) is 5.82. The maximum atomic E-state index is 11.6. The number of imidazole rings is 1. The molecule has 7 heteroatoms. The summed E-state index contributed by atoms with van der Waals surface area (Å²) in [4.78, 5) is 15.8. The first kappa shape index (κ1) is 12.9. The van der Waals surface area contributed by atoms with Crippen LogP contribution >= 0.6 is 0 Å². The molecule has 0 radical (unpaired) electrons. The number of ether oxygens (including phenoxy) is 1. The fraction of sp³-hybridized carbons (Fsp3) is 0.250. The van der Waals surface area contributed by atoms with Gasteiger partial charge in [-0.1, -0.05) is 6.07 Å². The van der Waals surface area contributed by atoms with Crippen molar-refractivity contribution in [1.29, 1.82) is 0 Å². The molecule has 0 aromatic carbocycles. The molecule has 0 bridgehead atoms. The van der Waals surface area contributed by atoms with Crippen LogP contribution in [0.5, 0.6) is 0 Å². The molecule has 0 aliphatic carbocycles. The number of hydrogen-bond donors (Lipinski definition) is 2. The number of nitrogens with two attached hydrogens (primary N) is 2. The van der Waals surface area contributed by atoms with Crippen LogP contribution < -0.4 is 11.6 Å². The highest BCUT2D eigenvalue weighted by Gasteiger charge is 2.13. The fourth-order valence-electron chi connectivity index (χ4n) is 1.75. The van der Waals surface area contributed by atoms with Crippen molar-refractivity contribution >= 4 is 17.5 Å². The van der Waals surface area contributed by atoms with Crippen LogP contribution in [0.2, 0.25) is 0 Å². The summed E-state index contributed by atoms with van der Waals surface area (Å²) >= 11 is 0. The Morgan fingerprint density at radius 1 is 1.53 bits per heavy atom. The Bertz CT molecular complexity index is 632. The summed E-state index contributed by atoms with van der Waals surface area (Å²) in [6, 6.07) is 5.49. The van der Waals surface area contributed by atoms with E-state index in [0.29, 0.717) is 24.5 Å². The van der Waals surface area contributed by atoms with Crippen molar-refractivity contribution in [2.75, 3.05) is 6.61 Å². The molecule has 0 aliphatic rings. The van der Waals surface area contributed by atoms with Crippen LogP contribution in [0.4, 0.5) is 0 Å². The second-order valence-electron chi connectivity index (χ2n) is 3.89. The van der Waals surface area contributed by atoms with Gasteiger partial charge in [-0.2, -0.15) is 5.10 Å². The molecule has 100 valence electrons. The lowest BCUT2D eigenvalue weighted by Crippen LogP contribution is -2.18. The zero-order chi connectivity index (χ0) is 13.8. The molecule has 0 saturated heterocycles. The van der Waals surface area contributed by atoms with Gasteiger partial charge in [0, 0.05) is 18.3 Å². The molecule has 0 amide bonds. The molecule has 0 atom stereocenters. The van der Waals surface area contributed by atoms with E-state index in [1.807, 2.05) is 12.1 Å². The first-order valence-electron chi connectivity index (χ1n) is 5.82. The lowest BCUT2D eigenvalue weighted by molar-refractivity contribution is 0.0520. The molecule has 2 aromatic heterocycles. The smallest absolute Gasteiger partial charge is 0.358 e. The topological polar surface area (TPSA) is 108 Å². The summed E-state index contributed by atoms with van der Waals surface area (Å²) in [5.74, 6) is 4.98. The monoisotopic (exact) mass is 261 g/mol. The minimum absolute atomic E-state index is 0.262. The maximum absolute atomic E-state index is 11.6. The zero-order valence-electron chi connectivity index (χ0n) is 10.5. The third kappa shape index (κ3) is 2.65. The molecule has 0 saturated carbocycles. The van der Waals surface area contributed by atoms with Gasteiger partial charge in [0.1, 0.15) is 11.5 Å². The molecular weight excluding hydrogens is 246 g/mol. The number of esters is 1. The average Bonchev–Trinajstić information content (AvgIpc) is 2.84. The van der Waals surface area contributed by atoms with Gasteiger partial charge in [0.15, 0.2) is 5.69 Å². The van der Waals surface area contributed by atoms with Gasteiger partial charge in [-0.25, -0.2) is 9.78 Å². The Kier molecular flexibility index (Phi) is 3.65. The van der Waals surface area contributed by atoms with Crippen molar-refractivity contribution in [3.05, 3.63) is 35.8 Å². The van der Waals surface area contributed by atoms with Gasteiger partial charge in [0.05, 0.1) is 6.61 Å². The van der Waals surface area contributed by atoms with E-state index in [9.17, 15) is 4.79 Å². The number of carbonyl (C=O) groups excluding carboxylic acids is 1. The van der Waals surface area contributed by atoms with Gasteiger partial charge in [-0.15, -0.1) is 0 Å². The summed E-state index contributed by atoms with van der Waals surface area (Å²) in [6.45, 7) is 2.06. The fourth-order valence-corrected chi connectivity index (χ4v) is 1.75. The Labute approximate surface area is 109 Å². The van der Waals surface area contributed by atoms with E-state index in [1.165, 1.54) is 0 Å². The number of nitrogens with zero attached hydrogens (tertiary/aromatic N) is 3. The van der Waals surface area contributed by atoms with E-state index in [0.717, 1.165) is 5.69 Å². The molecule has 2 aromatic rings. The standard InChI is InChI=1S/C12H15N5O2/c1-2-19-12(18)9-7-17-8(6-10(13)16-14)4-3-5-11(17)15-9/h3-5,7H,2,6,14H2,1H3,(H2,13,16). The third-order valence-electron chi connectivity index (χ3n) is 2.59. The van der Waals surface area contributed by atoms with Crippen LogP contribution in [0.1, 0.15) is 23.1 Å². The minimum Gasteiger partial charge on any atom is -0.461 e. The first-order chi connectivity index (χ1) is 9.15. The van der Waals surface area contributed by atoms with Crippen molar-refractivity contribution in [3.63, 3.8) is 0 Å². The number of pyridine rings is 1. The quantitative estimate of drug-likeness (QED) is 0.270. The Hall–Kier alpha value is -2.57. The van der Waals surface area contributed by atoms with Crippen LogP contribution in [0.25, 0.3) is 5.65 Å². The van der Waals surface area contributed by atoms with Crippen LogP contribution in [0.3, 0.4) is 0 Å². The Morgan fingerprint density at radius 3 is 3.00 bits per heavy atom. The van der Waals surface area contributed by atoms with E-state index in [4.69, 9.17) is 16.3 Å². The number of aromatic nitrogens is 2. The maximum Gasteiger partial charge on any atom is 0.358 e. The molecular formula is C12H15N5O2. The number of fused-ring (bicyclic) bond motifs is 1. The zero-order valence-corrected chi connectivity index (χ0v) is 10.5. The average molecular weight is 261 g/mol. The summed E-state index contributed by atoms with van der Waals surface area (Å²) in [6.07, 6.45) is 2.00. The molecule has 0 spiro atoms. The van der Waals surface area contributed by atoms with E-state index < -0.39 is 5.97 Å². The second-order valence-corrected chi connectivity index (χ2v) is 3.89. The largest absolute Gasteiger partial charge is 0.461 e. The van der Waals surface area contributed by atoms with E-state index in [-0.39, 0.29) is 5.69 Å². The van der Waals surface area contributed by atoms with Crippen molar-refractivity contribution < 1.29 is 9.53 Å². The normalized spacial score (nSPS) is 11.7. The molecule has 0 fully saturated rings. The number of amidine groups is 1. The molecule has 0 aliphatic heterocycles. The van der Waals surface area contributed by atoms with Gasteiger partial charge >= 0.3 is 5.97 Å². The van der Waals surface area contributed by atoms with Crippen molar-refractivity contribution in [1.82, 2.24) is 9.38 Å². The highest BCUT2D eigenvalue weighted by Crippen LogP contribution is 2.10. The highest BCUT2D eigenvalue weighted by molar-refractivity contribution is 5.88. The van der Waals surface area contributed by atoms with Crippen LogP contribution in [-0.2, 0) is 11.2 Å². The number of hydrazone groups is 1. The van der Waals surface area contributed by atoms with E-state index in [2.05, 4.69) is 10.1 Å². The number of hydrogen-bond acceptors (Lipinski definition) is 5. The lowest BCUT2D eigenvalue weighted by Gasteiger charge is -2.03. The highest BCUT2D eigenvalue weighted by atomic mass is 16.5.